The summed E-state index contributed by atoms with van der Waals surface area (Å²) in [6, 6.07) is 0. The highest BCUT2D eigenvalue weighted by atomic mass is 16.2. The van der Waals surface area contributed by atoms with Gasteiger partial charge in [-0.05, 0) is 38.2 Å². The Morgan fingerprint density at radius 3 is 2.40 bits per heavy atom. The Morgan fingerprint density at radius 1 is 1.25 bits per heavy atom. The minimum absolute atomic E-state index is 0.00694. The first kappa shape index (κ1) is 14.8. The molecule has 1 aromatic heterocycles. The number of fused-ring (bicyclic) bond motifs is 1. The Labute approximate surface area is 120 Å². The lowest BCUT2D eigenvalue weighted by Crippen LogP contribution is -2.31. The van der Waals surface area contributed by atoms with Gasteiger partial charge in [-0.1, -0.05) is 13.8 Å². The number of aromatic nitrogens is 1. The van der Waals surface area contributed by atoms with Gasteiger partial charge in [0.05, 0.1) is 0 Å². The van der Waals surface area contributed by atoms with Crippen molar-refractivity contribution in [3.05, 3.63) is 22.5 Å². The molecule has 4 nitrogen and oxygen atoms in total. The van der Waals surface area contributed by atoms with Crippen LogP contribution in [0, 0.1) is 12.3 Å². The van der Waals surface area contributed by atoms with Crippen LogP contribution in [-0.4, -0.2) is 34.7 Å². The van der Waals surface area contributed by atoms with Crippen LogP contribution >= 0.6 is 0 Å². The molecule has 110 valence electrons. The van der Waals surface area contributed by atoms with Gasteiger partial charge in [0.1, 0.15) is 5.69 Å². The predicted molar refractivity (Wildman–Crippen MR) is 79.2 cm³/mol. The number of hydrogen-bond donors (Lipinski definition) is 1. The Balaban J connectivity index is 2.45. The number of Topliss-reactive ketones (excluding diaryl/α,β-unsaturated/α-hetero) is 1. The molecule has 0 unspecified atom stereocenters. The highest BCUT2D eigenvalue weighted by Gasteiger charge is 2.35. The summed E-state index contributed by atoms with van der Waals surface area (Å²) in [4.78, 5) is 29.8. The van der Waals surface area contributed by atoms with E-state index in [1.54, 1.807) is 4.90 Å². The van der Waals surface area contributed by atoms with Crippen molar-refractivity contribution in [3.8, 4) is 0 Å². The van der Waals surface area contributed by atoms with Gasteiger partial charge in [0, 0.05) is 30.8 Å². The third kappa shape index (κ3) is 2.39. The molecule has 0 fully saturated rings. The molecule has 20 heavy (non-hydrogen) atoms. The van der Waals surface area contributed by atoms with E-state index in [0.717, 1.165) is 23.2 Å². The van der Waals surface area contributed by atoms with Crippen LogP contribution in [0.5, 0.6) is 0 Å². The van der Waals surface area contributed by atoms with E-state index in [-0.39, 0.29) is 17.1 Å². The second-order valence-corrected chi connectivity index (χ2v) is 6.40. The van der Waals surface area contributed by atoms with Gasteiger partial charge in [0.15, 0.2) is 5.78 Å². The van der Waals surface area contributed by atoms with Crippen molar-refractivity contribution < 1.29 is 9.59 Å². The molecule has 1 aliphatic carbocycles. The lowest BCUT2D eigenvalue weighted by Gasteiger charge is -2.28. The Morgan fingerprint density at radius 2 is 1.85 bits per heavy atom. The molecule has 1 aromatic rings. The largest absolute Gasteiger partial charge is 0.354 e. The van der Waals surface area contributed by atoms with Crippen LogP contribution in [-0.2, 0) is 6.42 Å². The maximum Gasteiger partial charge on any atom is 0.270 e. The Hall–Kier alpha value is -1.58. The maximum atomic E-state index is 12.5. The minimum Gasteiger partial charge on any atom is -0.354 e. The molecule has 2 rings (SSSR count). The van der Waals surface area contributed by atoms with Gasteiger partial charge in [-0.15, -0.1) is 0 Å². The van der Waals surface area contributed by atoms with E-state index in [2.05, 4.69) is 18.8 Å². The summed E-state index contributed by atoms with van der Waals surface area (Å²) in [6.45, 7) is 11.4. The summed E-state index contributed by atoms with van der Waals surface area (Å²) in [6.07, 6.45) is 1.37. The SMILES string of the molecule is CCN(CC)C(=O)c1[nH]c2c(c1C)C(=O)CC(C)(C)C2. The predicted octanol–water partition coefficient (Wildman–Crippen LogP) is 2.96. The van der Waals surface area contributed by atoms with Gasteiger partial charge in [0.2, 0.25) is 0 Å². The highest BCUT2D eigenvalue weighted by Crippen LogP contribution is 2.36. The Bertz CT molecular complexity index is 551. The first-order valence-electron chi connectivity index (χ1n) is 7.34. The fourth-order valence-electron chi connectivity index (χ4n) is 3.12. The third-order valence-corrected chi connectivity index (χ3v) is 4.17. The zero-order chi connectivity index (χ0) is 15.1. The number of carbonyl (C=O) groups excluding carboxylic acids is 2. The Kier molecular flexibility index (Phi) is 3.76. The van der Waals surface area contributed by atoms with Crippen molar-refractivity contribution in [3.63, 3.8) is 0 Å². The number of amides is 1. The van der Waals surface area contributed by atoms with Crippen LogP contribution in [0.4, 0.5) is 0 Å². The van der Waals surface area contributed by atoms with Crippen LogP contribution < -0.4 is 0 Å². The number of H-pyrrole nitrogens is 1. The first-order valence-corrected chi connectivity index (χ1v) is 7.34. The summed E-state index contributed by atoms with van der Waals surface area (Å²) < 4.78 is 0. The van der Waals surface area contributed by atoms with Crippen molar-refractivity contribution >= 4 is 11.7 Å². The summed E-state index contributed by atoms with van der Waals surface area (Å²) in [5, 5.41) is 0. The van der Waals surface area contributed by atoms with Crippen molar-refractivity contribution in [1.82, 2.24) is 9.88 Å². The lowest BCUT2D eigenvalue weighted by atomic mass is 9.75. The molecule has 0 atom stereocenters. The first-order chi connectivity index (χ1) is 9.30. The summed E-state index contributed by atoms with van der Waals surface area (Å²) in [7, 11) is 0. The van der Waals surface area contributed by atoms with Crippen LogP contribution in [0.3, 0.4) is 0 Å². The minimum atomic E-state index is -0.0309. The zero-order valence-corrected chi connectivity index (χ0v) is 13.1. The van der Waals surface area contributed by atoms with Crippen LogP contribution in [0.1, 0.15) is 66.2 Å². The molecule has 0 saturated heterocycles. The topological polar surface area (TPSA) is 53.2 Å². The smallest absolute Gasteiger partial charge is 0.270 e. The van der Waals surface area contributed by atoms with Gasteiger partial charge >= 0.3 is 0 Å². The van der Waals surface area contributed by atoms with Crippen LogP contribution in [0.25, 0.3) is 0 Å². The van der Waals surface area contributed by atoms with Gasteiger partial charge in [-0.3, -0.25) is 9.59 Å². The van der Waals surface area contributed by atoms with Crippen molar-refractivity contribution in [2.45, 2.75) is 47.5 Å². The molecule has 0 aromatic carbocycles. The van der Waals surface area contributed by atoms with E-state index >= 15 is 0 Å². The van der Waals surface area contributed by atoms with Crippen molar-refractivity contribution in [2.75, 3.05) is 13.1 Å². The number of hydrogen-bond acceptors (Lipinski definition) is 2. The monoisotopic (exact) mass is 276 g/mol. The number of ketones is 1. The molecule has 4 heteroatoms. The van der Waals surface area contributed by atoms with E-state index in [0.29, 0.717) is 25.2 Å². The standard InChI is InChI=1S/C16H24N2O2/c1-6-18(7-2)15(20)14-10(3)13-11(17-14)8-16(4,5)9-12(13)19/h17H,6-9H2,1-5H3. The number of nitrogens with one attached hydrogen (secondary N) is 1. The van der Waals surface area contributed by atoms with E-state index < -0.39 is 0 Å². The van der Waals surface area contributed by atoms with E-state index in [1.807, 2.05) is 20.8 Å². The van der Waals surface area contributed by atoms with Gasteiger partial charge in [-0.25, -0.2) is 0 Å². The average molecular weight is 276 g/mol. The average Bonchev–Trinajstić information content (AvgIpc) is 2.66. The fourth-order valence-corrected chi connectivity index (χ4v) is 3.12. The molecule has 0 bridgehead atoms. The van der Waals surface area contributed by atoms with E-state index in [1.165, 1.54) is 0 Å². The number of rotatable bonds is 3. The molecule has 0 aliphatic heterocycles. The van der Waals surface area contributed by atoms with Gasteiger partial charge in [0.25, 0.3) is 5.91 Å². The zero-order valence-electron chi connectivity index (χ0n) is 13.1. The normalized spacial score (nSPS) is 16.9. The highest BCUT2D eigenvalue weighted by molar-refractivity contribution is 6.04. The summed E-state index contributed by atoms with van der Waals surface area (Å²) in [5.41, 5.74) is 3.05. The lowest BCUT2D eigenvalue weighted by molar-refractivity contribution is 0.0766. The molecule has 1 heterocycles. The van der Waals surface area contributed by atoms with Gasteiger partial charge in [-0.2, -0.15) is 0 Å². The fraction of sp³-hybridized carbons (Fsp3) is 0.625. The summed E-state index contributed by atoms with van der Waals surface area (Å²) >= 11 is 0. The van der Waals surface area contributed by atoms with E-state index in [4.69, 9.17) is 0 Å². The molecule has 1 amide bonds. The second kappa shape index (κ2) is 5.08. The summed E-state index contributed by atoms with van der Waals surface area (Å²) in [5.74, 6) is 0.149. The number of nitrogens with zero attached hydrogens (tertiary/aromatic N) is 1. The van der Waals surface area contributed by atoms with Crippen LogP contribution in [0.15, 0.2) is 0 Å². The third-order valence-electron chi connectivity index (χ3n) is 4.17. The molecular weight excluding hydrogens is 252 g/mol. The maximum absolute atomic E-state index is 12.5. The quantitative estimate of drug-likeness (QED) is 0.922. The van der Waals surface area contributed by atoms with Gasteiger partial charge < -0.3 is 9.88 Å². The molecular formula is C16H24N2O2. The number of carbonyl (C=O) groups is 2. The molecule has 0 saturated carbocycles. The van der Waals surface area contributed by atoms with Crippen LogP contribution in [0.2, 0.25) is 0 Å². The second-order valence-electron chi connectivity index (χ2n) is 6.40. The molecule has 0 spiro atoms. The molecule has 1 N–H and O–H groups in total. The molecule has 1 aliphatic rings. The number of aromatic amines is 1. The van der Waals surface area contributed by atoms with Crippen molar-refractivity contribution in [1.29, 1.82) is 0 Å². The van der Waals surface area contributed by atoms with Crippen molar-refractivity contribution in [2.24, 2.45) is 5.41 Å². The van der Waals surface area contributed by atoms with E-state index in [9.17, 15) is 9.59 Å². The molecule has 0 radical (unpaired) electrons.